The van der Waals surface area contributed by atoms with E-state index >= 15 is 0 Å². The second kappa shape index (κ2) is 7.46. The third kappa shape index (κ3) is 3.69. The van der Waals surface area contributed by atoms with E-state index in [1.165, 1.54) is 39.9 Å². The van der Waals surface area contributed by atoms with Crippen LogP contribution >= 0.6 is 11.8 Å². The van der Waals surface area contributed by atoms with E-state index in [4.69, 9.17) is 9.47 Å². The molecule has 1 saturated carbocycles. The van der Waals surface area contributed by atoms with Gasteiger partial charge in [-0.15, -0.1) is 0 Å². The summed E-state index contributed by atoms with van der Waals surface area (Å²) >= 11 is 1.93. The average molecular weight is 413 g/mol. The summed E-state index contributed by atoms with van der Waals surface area (Å²) < 4.78 is 38.4. The minimum atomic E-state index is -3.59. The van der Waals surface area contributed by atoms with Crippen LogP contribution in [0, 0.1) is 0 Å². The van der Waals surface area contributed by atoms with Gasteiger partial charge >= 0.3 is 0 Å². The van der Waals surface area contributed by atoms with Gasteiger partial charge in [0, 0.05) is 41.7 Å². The minimum Gasteiger partial charge on any atom is -0.497 e. The van der Waals surface area contributed by atoms with Crippen LogP contribution in [0.2, 0.25) is 0 Å². The monoisotopic (exact) mass is 412 g/mol. The fourth-order valence-electron chi connectivity index (χ4n) is 4.49. The first kappa shape index (κ1) is 19.4. The quantitative estimate of drug-likeness (QED) is 0.774. The number of benzene rings is 1. The lowest BCUT2D eigenvalue weighted by Crippen LogP contribution is -2.61. The van der Waals surface area contributed by atoms with Crippen molar-refractivity contribution in [3.8, 4) is 11.5 Å². The molecule has 1 aromatic rings. The Balaban J connectivity index is 1.43. The molecule has 2 aliphatic heterocycles. The Hall–Kier alpha value is -0.960. The maximum absolute atomic E-state index is 13.1. The molecule has 8 heteroatoms. The number of methoxy groups -OCH3 is 2. The zero-order valence-electron chi connectivity index (χ0n) is 15.9. The lowest BCUT2D eigenvalue weighted by molar-refractivity contribution is 0.216. The number of nitrogens with one attached hydrogen (secondary N) is 1. The van der Waals surface area contributed by atoms with Gasteiger partial charge in [-0.3, -0.25) is 0 Å². The molecule has 4 rings (SSSR count). The van der Waals surface area contributed by atoms with E-state index < -0.39 is 10.0 Å². The molecule has 0 amide bonds. The van der Waals surface area contributed by atoms with Crippen LogP contribution in [0.1, 0.15) is 32.1 Å². The predicted molar refractivity (Wildman–Crippen MR) is 107 cm³/mol. The molecule has 6 nitrogen and oxygen atoms in total. The molecule has 1 N–H and O–H groups in total. The normalized spacial score (nSPS) is 25.6. The van der Waals surface area contributed by atoms with E-state index in [9.17, 15) is 8.42 Å². The van der Waals surface area contributed by atoms with Gasteiger partial charge in [-0.05, 0) is 31.4 Å². The largest absolute Gasteiger partial charge is 0.497 e. The summed E-state index contributed by atoms with van der Waals surface area (Å²) in [5.41, 5.74) is 0. The summed E-state index contributed by atoms with van der Waals surface area (Å²) in [4.78, 5) is 0.183. The standard InChI is InChI=1S/C19H28N2O4S2/c1-24-16-7-8-17(25-2)18(9-16)27(22,23)21-12-19(13-21)10-15(11-26-19)20-14-5-3-4-6-14/h7-9,14-15,20H,3-6,10-13H2,1-2H3. The smallest absolute Gasteiger partial charge is 0.246 e. The Bertz CT molecular complexity index is 787. The van der Waals surface area contributed by atoms with Crippen LogP contribution in [0.5, 0.6) is 11.5 Å². The maximum atomic E-state index is 13.1. The van der Waals surface area contributed by atoms with Gasteiger partial charge in [0.05, 0.1) is 14.2 Å². The second-order valence-electron chi connectivity index (χ2n) is 7.83. The van der Waals surface area contributed by atoms with Crippen molar-refractivity contribution >= 4 is 21.8 Å². The molecule has 0 bridgehead atoms. The molecule has 1 aliphatic carbocycles. The molecule has 27 heavy (non-hydrogen) atoms. The van der Waals surface area contributed by atoms with E-state index in [0.717, 1.165) is 12.2 Å². The fraction of sp³-hybridized carbons (Fsp3) is 0.684. The van der Waals surface area contributed by atoms with Gasteiger partial charge in [-0.2, -0.15) is 16.1 Å². The Morgan fingerprint density at radius 3 is 2.56 bits per heavy atom. The van der Waals surface area contributed by atoms with Crippen molar-refractivity contribution < 1.29 is 17.9 Å². The third-order valence-corrected chi connectivity index (χ3v) is 9.37. The Morgan fingerprint density at radius 2 is 1.89 bits per heavy atom. The summed E-state index contributed by atoms with van der Waals surface area (Å²) in [6.07, 6.45) is 6.28. The summed E-state index contributed by atoms with van der Waals surface area (Å²) in [5.74, 6) is 1.95. The summed E-state index contributed by atoms with van der Waals surface area (Å²) in [7, 11) is -0.564. The molecule has 150 valence electrons. The number of rotatable bonds is 6. The van der Waals surface area contributed by atoms with Crippen LogP contribution < -0.4 is 14.8 Å². The molecule has 0 aromatic heterocycles. The van der Waals surface area contributed by atoms with Crippen molar-refractivity contribution in [1.29, 1.82) is 0 Å². The molecule has 3 fully saturated rings. The van der Waals surface area contributed by atoms with Crippen LogP contribution in [-0.4, -0.2) is 62.6 Å². The number of thioether (sulfide) groups is 1. The van der Waals surface area contributed by atoms with Crippen molar-refractivity contribution in [3.05, 3.63) is 18.2 Å². The fourth-order valence-corrected chi connectivity index (χ4v) is 8.02. The topological polar surface area (TPSA) is 67.9 Å². The summed E-state index contributed by atoms with van der Waals surface area (Å²) in [6, 6.07) is 6.07. The molecular weight excluding hydrogens is 384 g/mol. The highest BCUT2D eigenvalue weighted by atomic mass is 32.2. The highest BCUT2D eigenvalue weighted by Crippen LogP contribution is 2.48. The van der Waals surface area contributed by atoms with Crippen LogP contribution in [0.4, 0.5) is 0 Å². The van der Waals surface area contributed by atoms with Crippen LogP contribution in [0.15, 0.2) is 23.1 Å². The maximum Gasteiger partial charge on any atom is 0.246 e. The molecule has 1 spiro atoms. The SMILES string of the molecule is COc1ccc(OC)c(S(=O)(=O)N2CC3(CC(NC4CCCC4)CS3)C2)c1. The van der Waals surface area contributed by atoms with E-state index in [1.807, 2.05) is 11.8 Å². The lowest BCUT2D eigenvalue weighted by Gasteiger charge is -2.46. The molecule has 1 unspecified atom stereocenters. The first-order chi connectivity index (χ1) is 13.0. The van der Waals surface area contributed by atoms with Crippen molar-refractivity contribution in [2.24, 2.45) is 0 Å². The molecule has 0 radical (unpaired) electrons. The van der Waals surface area contributed by atoms with Gasteiger partial charge in [-0.25, -0.2) is 8.42 Å². The predicted octanol–water partition coefficient (Wildman–Crippen LogP) is 2.48. The Morgan fingerprint density at radius 1 is 1.15 bits per heavy atom. The van der Waals surface area contributed by atoms with E-state index in [-0.39, 0.29) is 9.64 Å². The van der Waals surface area contributed by atoms with E-state index in [2.05, 4.69) is 5.32 Å². The summed E-state index contributed by atoms with van der Waals surface area (Å²) in [6.45, 7) is 1.15. The van der Waals surface area contributed by atoms with E-state index in [0.29, 0.717) is 36.7 Å². The van der Waals surface area contributed by atoms with Gasteiger partial charge in [-0.1, -0.05) is 12.8 Å². The second-order valence-corrected chi connectivity index (χ2v) is 11.2. The van der Waals surface area contributed by atoms with Crippen molar-refractivity contribution in [3.63, 3.8) is 0 Å². The number of ether oxygens (including phenoxy) is 2. The molecule has 3 aliphatic rings. The molecule has 1 aromatic carbocycles. The van der Waals surface area contributed by atoms with Crippen molar-refractivity contribution in [2.75, 3.05) is 33.1 Å². The first-order valence-electron chi connectivity index (χ1n) is 9.58. The van der Waals surface area contributed by atoms with Gasteiger partial charge in [0.1, 0.15) is 16.4 Å². The minimum absolute atomic E-state index is 0.0649. The Kier molecular flexibility index (Phi) is 5.35. The molecule has 2 heterocycles. The van der Waals surface area contributed by atoms with Crippen LogP contribution in [0.3, 0.4) is 0 Å². The number of hydrogen-bond acceptors (Lipinski definition) is 6. The zero-order valence-corrected chi connectivity index (χ0v) is 17.6. The number of nitrogens with zero attached hydrogens (tertiary/aromatic N) is 1. The molecule has 2 saturated heterocycles. The number of hydrogen-bond donors (Lipinski definition) is 1. The van der Waals surface area contributed by atoms with Gasteiger partial charge < -0.3 is 14.8 Å². The highest BCUT2D eigenvalue weighted by Gasteiger charge is 2.53. The van der Waals surface area contributed by atoms with Gasteiger partial charge in [0.25, 0.3) is 0 Å². The van der Waals surface area contributed by atoms with E-state index in [1.54, 1.807) is 22.5 Å². The van der Waals surface area contributed by atoms with Crippen LogP contribution in [0.25, 0.3) is 0 Å². The zero-order chi connectivity index (χ0) is 19.1. The average Bonchev–Trinajstić information content (AvgIpc) is 3.30. The first-order valence-corrected chi connectivity index (χ1v) is 12.0. The highest BCUT2D eigenvalue weighted by molar-refractivity contribution is 8.01. The Labute approximate surface area is 166 Å². The third-order valence-electron chi connectivity index (χ3n) is 5.95. The molecular formula is C19H28N2O4S2. The lowest BCUT2D eigenvalue weighted by atomic mass is 9.94. The van der Waals surface area contributed by atoms with Crippen molar-refractivity contribution in [1.82, 2.24) is 9.62 Å². The van der Waals surface area contributed by atoms with Crippen molar-refractivity contribution in [2.45, 2.75) is 53.8 Å². The van der Waals surface area contributed by atoms with Gasteiger partial charge in [0.2, 0.25) is 10.0 Å². The van der Waals surface area contributed by atoms with Gasteiger partial charge in [0.15, 0.2) is 0 Å². The molecule has 1 atom stereocenters. The van der Waals surface area contributed by atoms with Crippen LogP contribution in [-0.2, 0) is 10.0 Å². The summed E-state index contributed by atoms with van der Waals surface area (Å²) in [5, 5.41) is 3.79. The number of sulfonamides is 1.